The number of rotatable bonds is 15. The molecule has 0 spiro atoms. The van der Waals surface area contributed by atoms with Crippen LogP contribution in [0, 0.1) is 35.0 Å². The van der Waals surface area contributed by atoms with Gasteiger partial charge in [0.25, 0.3) is 15.9 Å². The standard InChI is InChI=1S/C69H113N13O15S/c1-25-27-31-42(11)55-54-58(84)71-48(26-2)63(89)75(19)45(14)61(87)80(24)56(69(16,17)37-74(18)68(94)73-98(95,96)47-32-29-28-30-33-47)59(85)72-52(40(7)8)66(92)76(20)49(34-38(3)4)57(83)70-44(13)60(86)81-43(12)36-51(65(91)79(23)53(41(9)10)67(93)82(54)97-55)78(22)64(90)50(35-39(5)6)77(21)62(88)46(81)15/h25,27-30,32-33,38-46,48-56H,26,31,34-37H2,1-24H3,(H,70,83)(H,71,84)(H,72,85)(H,73,94)/b27-25+/t42-,43?,44+,45-,46-,48+,49+,50+,51+,52+,53+,54+,55-,56-/m1/s1. The van der Waals surface area contributed by atoms with Crippen LogP contribution in [0.5, 0.6) is 0 Å². The number of likely N-dealkylation sites (N-methyl/N-ethyl adjacent to an activating group) is 6. The molecule has 0 saturated carbocycles. The number of sulfonamides is 1. The van der Waals surface area contributed by atoms with Gasteiger partial charge in [0.05, 0.1) is 4.90 Å². The van der Waals surface area contributed by atoms with Gasteiger partial charge in [0, 0.05) is 67.3 Å². The summed E-state index contributed by atoms with van der Waals surface area (Å²) in [6.45, 7) is 27.9. The molecule has 13 amide bonds. The zero-order chi connectivity index (χ0) is 74.8. The molecule has 1 unspecified atom stereocenters. The molecule has 4 N–H and O–H groups in total. The van der Waals surface area contributed by atoms with E-state index < -0.39 is 189 Å². The lowest BCUT2D eigenvalue weighted by atomic mass is 9.81. The Hall–Kier alpha value is -7.69. The number of nitrogens with zero attached hydrogens (tertiary/aromatic N) is 9. The number of urea groups is 1. The second-order valence-electron chi connectivity index (χ2n) is 29.2. The summed E-state index contributed by atoms with van der Waals surface area (Å²) >= 11 is 0. The van der Waals surface area contributed by atoms with E-state index in [0.717, 1.165) is 24.7 Å². The average molecular weight is 1400 g/mol. The lowest BCUT2D eigenvalue weighted by molar-refractivity contribution is -0.321. The van der Waals surface area contributed by atoms with E-state index in [2.05, 4.69) is 16.0 Å². The fraction of sp³-hybridized carbons (Fsp3) is 0.710. The zero-order valence-electron chi connectivity index (χ0n) is 62.2. The summed E-state index contributed by atoms with van der Waals surface area (Å²) in [5, 5.41) is 9.36. The molecule has 0 aromatic heterocycles. The van der Waals surface area contributed by atoms with Gasteiger partial charge in [-0.3, -0.25) is 57.6 Å². The number of nitrogens with one attached hydrogen (secondary N) is 4. The molecule has 29 heteroatoms. The smallest absolute Gasteiger partial charge is 0.331 e. The van der Waals surface area contributed by atoms with Gasteiger partial charge in [0.15, 0.2) is 6.04 Å². The van der Waals surface area contributed by atoms with Crippen LogP contribution >= 0.6 is 0 Å². The number of benzene rings is 1. The molecular formula is C69H113N13O15S. The Bertz CT molecular complexity index is 3220. The van der Waals surface area contributed by atoms with Crippen molar-refractivity contribution in [2.24, 2.45) is 35.0 Å². The summed E-state index contributed by atoms with van der Waals surface area (Å²) in [4.78, 5) is 196. The Morgan fingerprint density at radius 1 is 0.643 bits per heavy atom. The summed E-state index contributed by atoms with van der Waals surface area (Å²) in [7, 11) is 5.16. The van der Waals surface area contributed by atoms with Gasteiger partial charge in [-0.15, -0.1) is 0 Å². The van der Waals surface area contributed by atoms with Crippen molar-refractivity contribution in [1.29, 1.82) is 0 Å². The topological polar surface area (TPSA) is 325 Å². The van der Waals surface area contributed by atoms with Crippen molar-refractivity contribution in [2.75, 3.05) is 55.9 Å². The SMILES string of the molecule is C/C=C/C[C@@H](C)[C@H]1ON2C(=O)[C@H](C(C)C)N(C)C(=O)[C@@H]3CC(C)N(C(=O)[C@H](C)NC(=O)[C@H](CC(C)C)N(C)C(=O)[C@H](C(C)C)NC(=O)[C@H](C(C)(C)CN(C)C(=O)NS(=O)(=O)c4ccccc4)N(C)C(=O)[C@@H](C)N(C)C(=O)[C@H](CC)NC(=O)[C@H]12)[C@H](C)C(=O)N(C)[C@@H](CC(C)C)C(=O)N3C. The Kier molecular flexibility index (Phi) is 29.0. The maximum Gasteiger partial charge on any atom is 0.331 e. The summed E-state index contributed by atoms with van der Waals surface area (Å²) < 4.78 is 28.8. The van der Waals surface area contributed by atoms with Crippen molar-refractivity contribution in [2.45, 2.75) is 233 Å². The number of allylic oxidation sites excluding steroid dienone is 2. The van der Waals surface area contributed by atoms with Crippen molar-refractivity contribution in [3.8, 4) is 0 Å². The maximum absolute atomic E-state index is 15.6. The molecule has 3 heterocycles. The van der Waals surface area contributed by atoms with Crippen LogP contribution in [-0.2, 0) is 67.6 Å². The highest BCUT2D eigenvalue weighted by atomic mass is 32.2. The predicted octanol–water partition coefficient (Wildman–Crippen LogP) is 3.45. The fourth-order valence-corrected chi connectivity index (χ4v) is 14.5. The minimum absolute atomic E-state index is 0.0300. The zero-order valence-corrected chi connectivity index (χ0v) is 63.0. The van der Waals surface area contributed by atoms with Crippen LogP contribution in [0.1, 0.15) is 150 Å². The van der Waals surface area contributed by atoms with Gasteiger partial charge in [0.2, 0.25) is 59.1 Å². The number of carbonyl (C=O) groups excluding carboxylic acids is 12. The Labute approximate surface area is 581 Å². The molecule has 1 aromatic rings. The van der Waals surface area contributed by atoms with E-state index in [-0.39, 0.29) is 42.4 Å². The largest absolute Gasteiger partial charge is 0.343 e. The highest BCUT2D eigenvalue weighted by Gasteiger charge is 2.55. The van der Waals surface area contributed by atoms with Gasteiger partial charge in [0.1, 0.15) is 66.5 Å². The first-order valence-corrected chi connectivity index (χ1v) is 35.6. The lowest BCUT2D eigenvalue weighted by Gasteiger charge is -2.50. The van der Waals surface area contributed by atoms with Gasteiger partial charge in [-0.1, -0.05) is 113 Å². The van der Waals surface area contributed by atoms with Crippen LogP contribution in [0.3, 0.4) is 0 Å². The van der Waals surface area contributed by atoms with Crippen LogP contribution < -0.4 is 20.7 Å². The van der Waals surface area contributed by atoms with Crippen molar-refractivity contribution < 1.29 is 70.8 Å². The number of amides is 13. The van der Waals surface area contributed by atoms with Crippen LogP contribution in [-0.4, -0.2) is 258 Å². The number of hydroxylamine groups is 2. The van der Waals surface area contributed by atoms with Gasteiger partial charge < -0.3 is 55.1 Å². The number of hydrogen-bond acceptors (Lipinski definition) is 15. The third kappa shape index (κ3) is 19.0. The molecule has 4 rings (SSSR count). The van der Waals surface area contributed by atoms with E-state index in [1.807, 2.05) is 58.4 Å². The Balaban J connectivity index is 2.02. The molecule has 3 fully saturated rings. The van der Waals surface area contributed by atoms with E-state index in [9.17, 15) is 32.4 Å². The van der Waals surface area contributed by atoms with E-state index in [4.69, 9.17) is 4.84 Å². The molecule has 3 aliphatic heterocycles. The van der Waals surface area contributed by atoms with Crippen LogP contribution in [0.25, 0.3) is 0 Å². The molecule has 0 aliphatic carbocycles. The van der Waals surface area contributed by atoms with Gasteiger partial charge in [-0.25, -0.2) is 23.0 Å². The molecule has 1 aromatic carbocycles. The first kappa shape index (κ1) is 82.7. The normalized spacial score (nSPS) is 27.9. The molecule has 98 heavy (non-hydrogen) atoms. The summed E-state index contributed by atoms with van der Waals surface area (Å²) in [6, 6.07) is -10.0. The molecule has 14 atom stereocenters. The van der Waals surface area contributed by atoms with Crippen molar-refractivity contribution >= 4 is 81.0 Å². The van der Waals surface area contributed by atoms with E-state index >= 15 is 33.6 Å². The molecule has 0 radical (unpaired) electrons. The fourth-order valence-electron chi connectivity index (χ4n) is 13.4. The van der Waals surface area contributed by atoms with Crippen molar-refractivity contribution in [3.05, 3.63) is 42.5 Å². The third-order valence-corrected chi connectivity index (χ3v) is 20.6. The first-order chi connectivity index (χ1) is 45.3. The quantitative estimate of drug-likeness (QED) is 0.183. The van der Waals surface area contributed by atoms with Crippen molar-refractivity contribution in [3.63, 3.8) is 0 Å². The van der Waals surface area contributed by atoms with Gasteiger partial charge in [-0.2, -0.15) is 0 Å². The van der Waals surface area contributed by atoms with Crippen LogP contribution in [0.15, 0.2) is 47.4 Å². The highest BCUT2D eigenvalue weighted by Crippen LogP contribution is 2.35. The van der Waals surface area contributed by atoms with E-state index in [0.29, 0.717) is 6.42 Å². The molecular weight excluding hydrogens is 1280 g/mol. The summed E-state index contributed by atoms with van der Waals surface area (Å²) in [5.74, 6) is -10.5. The molecule has 550 valence electrons. The Morgan fingerprint density at radius 2 is 1.19 bits per heavy atom. The molecule has 2 bridgehead atoms. The second kappa shape index (κ2) is 34.4. The Morgan fingerprint density at radius 3 is 1.72 bits per heavy atom. The molecule has 28 nitrogen and oxygen atoms in total. The van der Waals surface area contributed by atoms with Crippen molar-refractivity contribution in [1.82, 2.24) is 64.9 Å². The van der Waals surface area contributed by atoms with E-state index in [1.54, 1.807) is 61.5 Å². The maximum atomic E-state index is 15.6. The molecule has 3 aliphatic rings. The van der Waals surface area contributed by atoms with Gasteiger partial charge >= 0.3 is 6.03 Å². The number of fused-ring (bicyclic) bond motifs is 4. The lowest BCUT2D eigenvalue weighted by Crippen LogP contribution is -2.72. The number of carbonyl (C=O) groups is 12. The molecule has 3 saturated heterocycles. The predicted molar refractivity (Wildman–Crippen MR) is 368 cm³/mol. The minimum atomic E-state index is -4.41. The second-order valence-corrected chi connectivity index (χ2v) is 30.9. The van der Waals surface area contributed by atoms with Gasteiger partial charge in [-0.05, 0) is 108 Å². The minimum Gasteiger partial charge on any atom is -0.343 e. The van der Waals surface area contributed by atoms with Crippen LogP contribution in [0.4, 0.5) is 4.79 Å². The first-order valence-electron chi connectivity index (χ1n) is 34.1. The van der Waals surface area contributed by atoms with E-state index in [1.165, 1.54) is 114 Å². The monoisotopic (exact) mass is 1400 g/mol. The highest BCUT2D eigenvalue weighted by molar-refractivity contribution is 7.90. The average Bonchev–Trinajstić information content (AvgIpc) is 0.766. The third-order valence-electron chi connectivity index (χ3n) is 19.3. The number of hydrogen-bond donors (Lipinski definition) is 4. The summed E-state index contributed by atoms with van der Waals surface area (Å²) in [5.41, 5.74) is -1.53. The van der Waals surface area contributed by atoms with Crippen LogP contribution in [0.2, 0.25) is 0 Å². The summed E-state index contributed by atoms with van der Waals surface area (Å²) in [6.07, 6.45) is 3.05.